The zero-order chi connectivity index (χ0) is 22.0. The van der Waals surface area contributed by atoms with Gasteiger partial charge in [0.1, 0.15) is 5.82 Å². The first-order chi connectivity index (χ1) is 15.0. The molecular weight excluding hydrogens is 391 g/mol. The summed E-state index contributed by atoms with van der Waals surface area (Å²) in [4.78, 5) is 30.4. The number of halogens is 1. The molecule has 1 heterocycles. The van der Waals surface area contributed by atoms with Gasteiger partial charge in [0.05, 0.1) is 5.56 Å². The van der Waals surface area contributed by atoms with Crippen molar-refractivity contribution < 1.29 is 14.0 Å². The number of benzene rings is 3. The Bertz CT molecular complexity index is 1120. The minimum absolute atomic E-state index is 0.147. The molecule has 3 aromatic carbocycles. The van der Waals surface area contributed by atoms with Crippen molar-refractivity contribution in [1.29, 1.82) is 0 Å². The molecule has 0 spiro atoms. The first kappa shape index (κ1) is 20.8. The summed E-state index contributed by atoms with van der Waals surface area (Å²) in [7, 11) is 0. The van der Waals surface area contributed by atoms with E-state index < -0.39 is 5.82 Å². The first-order valence-electron chi connectivity index (χ1n) is 10.5. The van der Waals surface area contributed by atoms with Gasteiger partial charge in [0.25, 0.3) is 5.91 Å². The van der Waals surface area contributed by atoms with Gasteiger partial charge < -0.3 is 9.80 Å². The fourth-order valence-electron chi connectivity index (χ4n) is 4.02. The molecule has 3 aromatic rings. The Morgan fingerprint density at radius 2 is 1.42 bits per heavy atom. The minimum atomic E-state index is -0.400. The second kappa shape index (κ2) is 8.72. The molecule has 0 aromatic heterocycles. The molecule has 1 saturated heterocycles. The van der Waals surface area contributed by atoms with Crippen LogP contribution in [0.2, 0.25) is 0 Å². The second-order valence-corrected chi connectivity index (χ2v) is 7.88. The highest BCUT2D eigenvalue weighted by atomic mass is 19.1. The standard InChI is InChI=1S/C26H25FN2O2/c1-18-6-5-9-24(19(18)2)28-14-16-29(17-15-28)26(31)23-8-4-3-7-22(23)25(30)20-10-12-21(27)13-11-20/h3-13H,14-17H2,1-2H3. The summed E-state index contributed by atoms with van der Waals surface area (Å²) in [6.07, 6.45) is 0. The van der Waals surface area contributed by atoms with Crippen molar-refractivity contribution in [1.82, 2.24) is 4.90 Å². The topological polar surface area (TPSA) is 40.6 Å². The van der Waals surface area contributed by atoms with Crippen LogP contribution in [0.15, 0.2) is 66.7 Å². The molecule has 0 saturated carbocycles. The summed E-state index contributed by atoms with van der Waals surface area (Å²) in [5, 5.41) is 0. The molecule has 0 N–H and O–H groups in total. The van der Waals surface area contributed by atoms with Gasteiger partial charge in [-0.05, 0) is 61.4 Å². The highest BCUT2D eigenvalue weighted by Gasteiger charge is 2.26. The average Bonchev–Trinajstić information content (AvgIpc) is 2.80. The van der Waals surface area contributed by atoms with Crippen LogP contribution in [0.25, 0.3) is 0 Å². The number of ketones is 1. The van der Waals surface area contributed by atoms with Gasteiger partial charge in [-0.1, -0.05) is 30.3 Å². The van der Waals surface area contributed by atoms with Crippen LogP contribution >= 0.6 is 0 Å². The van der Waals surface area contributed by atoms with E-state index in [0.717, 1.165) is 13.1 Å². The van der Waals surface area contributed by atoms with Crippen LogP contribution in [0.4, 0.5) is 10.1 Å². The Balaban J connectivity index is 1.51. The maximum absolute atomic E-state index is 13.3. The van der Waals surface area contributed by atoms with E-state index in [1.165, 1.54) is 41.1 Å². The predicted octanol–water partition coefficient (Wildman–Crippen LogP) is 4.64. The van der Waals surface area contributed by atoms with E-state index >= 15 is 0 Å². The lowest BCUT2D eigenvalue weighted by atomic mass is 9.97. The van der Waals surface area contributed by atoms with Crippen LogP contribution in [0.5, 0.6) is 0 Å². The molecule has 4 rings (SSSR count). The van der Waals surface area contributed by atoms with Crippen molar-refractivity contribution in [2.75, 3.05) is 31.1 Å². The summed E-state index contributed by atoms with van der Waals surface area (Å²) in [5.41, 5.74) is 4.82. The van der Waals surface area contributed by atoms with Gasteiger partial charge in [-0.25, -0.2) is 4.39 Å². The molecule has 1 fully saturated rings. The second-order valence-electron chi connectivity index (χ2n) is 7.88. The van der Waals surface area contributed by atoms with Crippen molar-refractivity contribution >= 4 is 17.4 Å². The molecule has 1 aliphatic rings. The van der Waals surface area contributed by atoms with Gasteiger partial charge in [0.15, 0.2) is 5.78 Å². The SMILES string of the molecule is Cc1cccc(N2CCN(C(=O)c3ccccc3C(=O)c3ccc(F)cc3)CC2)c1C. The largest absolute Gasteiger partial charge is 0.368 e. The van der Waals surface area contributed by atoms with E-state index in [1.807, 2.05) is 0 Å². The Kier molecular flexibility index (Phi) is 5.85. The molecule has 1 amide bonds. The number of carbonyl (C=O) groups is 2. The monoisotopic (exact) mass is 416 g/mol. The van der Waals surface area contributed by atoms with Crippen LogP contribution < -0.4 is 4.90 Å². The highest BCUT2D eigenvalue weighted by Crippen LogP contribution is 2.25. The molecule has 5 heteroatoms. The number of anilines is 1. The zero-order valence-electron chi connectivity index (χ0n) is 17.8. The molecule has 0 unspecified atom stereocenters. The number of amides is 1. The maximum atomic E-state index is 13.3. The summed E-state index contributed by atoms with van der Waals surface area (Å²) in [6, 6.07) is 18.5. The fourth-order valence-corrected chi connectivity index (χ4v) is 4.02. The quantitative estimate of drug-likeness (QED) is 0.582. The third kappa shape index (κ3) is 4.22. The Labute approximate surface area is 181 Å². The molecule has 0 bridgehead atoms. The third-order valence-electron chi connectivity index (χ3n) is 5.99. The number of piperazine rings is 1. The molecule has 0 aliphatic carbocycles. The van der Waals surface area contributed by atoms with Crippen LogP contribution in [-0.4, -0.2) is 42.8 Å². The Morgan fingerprint density at radius 3 is 2.10 bits per heavy atom. The predicted molar refractivity (Wildman–Crippen MR) is 120 cm³/mol. The van der Waals surface area contributed by atoms with E-state index in [2.05, 4.69) is 36.9 Å². The summed E-state index contributed by atoms with van der Waals surface area (Å²) in [6.45, 7) is 6.89. The van der Waals surface area contributed by atoms with E-state index in [4.69, 9.17) is 0 Å². The minimum Gasteiger partial charge on any atom is -0.368 e. The highest BCUT2D eigenvalue weighted by molar-refractivity contribution is 6.15. The van der Waals surface area contributed by atoms with Crippen molar-refractivity contribution in [3.8, 4) is 0 Å². The smallest absolute Gasteiger partial charge is 0.254 e. The van der Waals surface area contributed by atoms with Crippen LogP contribution in [0.3, 0.4) is 0 Å². The van der Waals surface area contributed by atoms with Gasteiger partial charge in [0, 0.05) is 43.0 Å². The number of nitrogens with zero attached hydrogens (tertiary/aromatic N) is 2. The molecule has 1 aliphatic heterocycles. The summed E-state index contributed by atoms with van der Waals surface area (Å²) < 4.78 is 13.2. The van der Waals surface area contributed by atoms with Gasteiger partial charge in [-0.2, -0.15) is 0 Å². The molecule has 158 valence electrons. The van der Waals surface area contributed by atoms with Gasteiger partial charge in [-0.3, -0.25) is 9.59 Å². The fraction of sp³-hybridized carbons (Fsp3) is 0.231. The molecule has 31 heavy (non-hydrogen) atoms. The van der Waals surface area contributed by atoms with E-state index in [1.54, 1.807) is 29.2 Å². The number of hydrogen-bond donors (Lipinski definition) is 0. The van der Waals surface area contributed by atoms with Crippen LogP contribution in [0.1, 0.15) is 37.4 Å². The number of carbonyl (C=O) groups excluding carboxylic acids is 2. The van der Waals surface area contributed by atoms with E-state index in [0.29, 0.717) is 29.8 Å². The number of rotatable bonds is 4. The lowest BCUT2D eigenvalue weighted by molar-refractivity contribution is 0.0742. The third-order valence-corrected chi connectivity index (χ3v) is 5.99. The van der Waals surface area contributed by atoms with Gasteiger partial charge >= 0.3 is 0 Å². The van der Waals surface area contributed by atoms with Gasteiger partial charge in [-0.15, -0.1) is 0 Å². The van der Waals surface area contributed by atoms with Crippen molar-refractivity contribution in [2.45, 2.75) is 13.8 Å². The number of aryl methyl sites for hydroxylation is 1. The lowest BCUT2D eigenvalue weighted by Crippen LogP contribution is -2.49. The van der Waals surface area contributed by atoms with E-state index in [9.17, 15) is 14.0 Å². The number of hydrogen-bond acceptors (Lipinski definition) is 3. The maximum Gasteiger partial charge on any atom is 0.254 e. The Morgan fingerprint density at radius 1 is 0.774 bits per heavy atom. The van der Waals surface area contributed by atoms with E-state index in [-0.39, 0.29) is 11.7 Å². The summed E-state index contributed by atoms with van der Waals surface area (Å²) in [5.74, 6) is -0.827. The van der Waals surface area contributed by atoms with Crippen molar-refractivity contribution in [3.63, 3.8) is 0 Å². The summed E-state index contributed by atoms with van der Waals surface area (Å²) >= 11 is 0. The molecule has 0 radical (unpaired) electrons. The van der Waals surface area contributed by atoms with Crippen molar-refractivity contribution in [3.05, 3.63) is 100 Å². The molecule has 4 nitrogen and oxygen atoms in total. The zero-order valence-corrected chi connectivity index (χ0v) is 17.8. The Hall–Kier alpha value is -3.47. The van der Waals surface area contributed by atoms with Crippen LogP contribution in [-0.2, 0) is 0 Å². The first-order valence-corrected chi connectivity index (χ1v) is 10.5. The van der Waals surface area contributed by atoms with Crippen molar-refractivity contribution in [2.24, 2.45) is 0 Å². The molecular formula is C26H25FN2O2. The molecule has 0 atom stereocenters. The normalized spacial score (nSPS) is 13.9. The van der Waals surface area contributed by atoms with Gasteiger partial charge in [0.2, 0.25) is 0 Å². The average molecular weight is 416 g/mol. The lowest BCUT2D eigenvalue weighted by Gasteiger charge is -2.37. The van der Waals surface area contributed by atoms with Crippen LogP contribution in [0, 0.1) is 19.7 Å².